The molecule has 102 valence electrons. The van der Waals surface area contributed by atoms with Gasteiger partial charge in [0.15, 0.2) is 0 Å². The van der Waals surface area contributed by atoms with Crippen LogP contribution in [0.3, 0.4) is 0 Å². The molecule has 0 saturated carbocycles. The Morgan fingerprint density at radius 3 is 2.95 bits per heavy atom. The van der Waals surface area contributed by atoms with Gasteiger partial charge in [-0.2, -0.15) is 4.98 Å². The van der Waals surface area contributed by atoms with Gasteiger partial charge in [0.2, 0.25) is 11.7 Å². The van der Waals surface area contributed by atoms with Crippen LogP contribution in [0.2, 0.25) is 5.02 Å². The molecule has 6 heteroatoms. The largest absolute Gasteiger partial charge is 0.337 e. The van der Waals surface area contributed by atoms with Gasteiger partial charge in [-0.3, -0.25) is 0 Å². The van der Waals surface area contributed by atoms with E-state index in [9.17, 15) is 4.39 Å². The highest BCUT2D eigenvalue weighted by Crippen LogP contribution is 2.24. The Morgan fingerprint density at radius 2 is 2.26 bits per heavy atom. The van der Waals surface area contributed by atoms with E-state index in [1.54, 1.807) is 6.07 Å². The number of hydrogen-bond donors (Lipinski definition) is 1. The first-order valence-corrected chi connectivity index (χ1v) is 6.54. The number of hydrogen-bond acceptors (Lipinski definition) is 4. The topological polar surface area (TPSA) is 64.9 Å². The molecule has 0 amide bonds. The zero-order chi connectivity index (χ0) is 13.8. The lowest BCUT2D eigenvalue weighted by atomic mass is 10.1. The summed E-state index contributed by atoms with van der Waals surface area (Å²) in [7, 11) is 0. The summed E-state index contributed by atoms with van der Waals surface area (Å²) in [4.78, 5) is 4.22. The Bertz CT molecular complexity index is 559. The number of halogens is 2. The standard InChI is InChI=1S/C13H15ClFN3O/c1-2-3-4-11(16)13-17-12(18-19-13)8-5-6-10(15)9(14)7-8/h5-7,11H,2-4,16H2,1H3/t11-/m0/s1. The second-order valence-electron chi connectivity index (χ2n) is 4.33. The Labute approximate surface area is 115 Å². The molecule has 2 aromatic rings. The fourth-order valence-electron chi connectivity index (χ4n) is 1.69. The summed E-state index contributed by atoms with van der Waals surface area (Å²) >= 11 is 5.72. The lowest BCUT2D eigenvalue weighted by Crippen LogP contribution is -2.10. The van der Waals surface area contributed by atoms with Crippen LogP contribution in [0.15, 0.2) is 22.7 Å². The van der Waals surface area contributed by atoms with E-state index in [-0.39, 0.29) is 11.1 Å². The molecule has 0 aliphatic heterocycles. The van der Waals surface area contributed by atoms with Gasteiger partial charge in [-0.25, -0.2) is 4.39 Å². The molecule has 1 heterocycles. The number of rotatable bonds is 5. The first-order valence-electron chi connectivity index (χ1n) is 6.16. The molecular formula is C13H15ClFN3O. The molecule has 0 aliphatic carbocycles. The number of nitrogens with two attached hydrogens (primary N) is 1. The summed E-state index contributed by atoms with van der Waals surface area (Å²) in [5.41, 5.74) is 6.55. The van der Waals surface area contributed by atoms with Gasteiger partial charge in [0.25, 0.3) is 0 Å². The first kappa shape index (κ1) is 14.0. The summed E-state index contributed by atoms with van der Waals surface area (Å²) in [5, 5.41) is 3.87. The molecule has 2 N–H and O–H groups in total. The van der Waals surface area contributed by atoms with Gasteiger partial charge in [0.05, 0.1) is 11.1 Å². The van der Waals surface area contributed by atoms with Gasteiger partial charge in [-0.15, -0.1) is 0 Å². The zero-order valence-electron chi connectivity index (χ0n) is 10.6. The third-order valence-corrected chi connectivity index (χ3v) is 3.10. The average Bonchev–Trinajstić information content (AvgIpc) is 2.89. The van der Waals surface area contributed by atoms with Crippen molar-refractivity contribution in [2.75, 3.05) is 0 Å². The van der Waals surface area contributed by atoms with Crippen molar-refractivity contribution in [3.05, 3.63) is 34.9 Å². The van der Waals surface area contributed by atoms with Gasteiger partial charge in [0.1, 0.15) is 5.82 Å². The molecule has 0 saturated heterocycles. The van der Waals surface area contributed by atoms with Crippen LogP contribution in [0.4, 0.5) is 4.39 Å². The third-order valence-electron chi connectivity index (χ3n) is 2.81. The molecule has 1 atom stereocenters. The minimum atomic E-state index is -0.478. The van der Waals surface area contributed by atoms with Gasteiger partial charge < -0.3 is 10.3 Å². The van der Waals surface area contributed by atoms with Gasteiger partial charge in [-0.05, 0) is 24.6 Å². The number of benzene rings is 1. The maximum Gasteiger partial charge on any atom is 0.243 e. The zero-order valence-corrected chi connectivity index (χ0v) is 11.3. The van der Waals surface area contributed by atoms with Crippen molar-refractivity contribution in [3.8, 4) is 11.4 Å². The van der Waals surface area contributed by atoms with E-state index in [2.05, 4.69) is 17.1 Å². The molecule has 0 aliphatic rings. The number of aromatic nitrogens is 2. The summed E-state index contributed by atoms with van der Waals surface area (Å²) in [6, 6.07) is 4.01. The van der Waals surface area contributed by atoms with Crippen molar-refractivity contribution in [3.63, 3.8) is 0 Å². The van der Waals surface area contributed by atoms with Crippen LogP contribution in [-0.2, 0) is 0 Å². The van der Waals surface area contributed by atoms with Crippen molar-refractivity contribution < 1.29 is 8.91 Å². The van der Waals surface area contributed by atoms with Crippen LogP contribution in [0.1, 0.15) is 38.1 Å². The molecule has 0 bridgehead atoms. The van der Waals surface area contributed by atoms with Crippen molar-refractivity contribution in [1.82, 2.24) is 10.1 Å². The monoisotopic (exact) mass is 283 g/mol. The van der Waals surface area contributed by atoms with Crippen LogP contribution < -0.4 is 5.73 Å². The fraction of sp³-hybridized carbons (Fsp3) is 0.385. The van der Waals surface area contributed by atoms with Crippen LogP contribution >= 0.6 is 11.6 Å². The highest BCUT2D eigenvalue weighted by molar-refractivity contribution is 6.31. The summed E-state index contributed by atoms with van der Waals surface area (Å²) < 4.78 is 18.2. The average molecular weight is 284 g/mol. The molecule has 0 spiro atoms. The van der Waals surface area contributed by atoms with Crippen LogP contribution in [0.25, 0.3) is 11.4 Å². The number of nitrogens with zero attached hydrogens (tertiary/aromatic N) is 2. The van der Waals surface area contributed by atoms with Gasteiger partial charge in [0, 0.05) is 5.56 Å². The van der Waals surface area contributed by atoms with Crippen molar-refractivity contribution in [1.29, 1.82) is 0 Å². The highest BCUT2D eigenvalue weighted by atomic mass is 35.5. The molecule has 0 radical (unpaired) electrons. The minimum Gasteiger partial charge on any atom is -0.337 e. The maximum atomic E-state index is 13.1. The van der Waals surface area contributed by atoms with Gasteiger partial charge in [-0.1, -0.05) is 36.5 Å². The van der Waals surface area contributed by atoms with Crippen LogP contribution in [0, 0.1) is 5.82 Å². The van der Waals surface area contributed by atoms with Crippen LogP contribution in [-0.4, -0.2) is 10.1 Å². The van der Waals surface area contributed by atoms with Crippen molar-refractivity contribution in [2.24, 2.45) is 5.73 Å². The summed E-state index contributed by atoms with van der Waals surface area (Å²) in [6.07, 6.45) is 2.85. The van der Waals surface area contributed by atoms with E-state index in [1.165, 1.54) is 12.1 Å². The second kappa shape index (κ2) is 6.12. The second-order valence-corrected chi connectivity index (χ2v) is 4.74. The van der Waals surface area contributed by atoms with E-state index in [0.29, 0.717) is 17.3 Å². The predicted molar refractivity (Wildman–Crippen MR) is 71.2 cm³/mol. The Kier molecular flexibility index (Phi) is 4.50. The predicted octanol–water partition coefficient (Wildman–Crippen LogP) is 3.72. The van der Waals surface area contributed by atoms with Crippen LogP contribution in [0.5, 0.6) is 0 Å². The summed E-state index contributed by atoms with van der Waals surface area (Å²) in [6.45, 7) is 2.09. The molecular weight excluding hydrogens is 269 g/mol. The van der Waals surface area contributed by atoms with Gasteiger partial charge >= 0.3 is 0 Å². The maximum absolute atomic E-state index is 13.1. The summed E-state index contributed by atoms with van der Waals surface area (Å²) in [5.74, 6) is 0.279. The molecule has 0 unspecified atom stereocenters. The van der Waals surface area contributed by atoms with Crippen molar-refractivity contribution in [2.45, 2.75) is 32.2 Å². The molecule has 19 heavy (non-hydrogen) atoms. The van der Waals surface area contributed by atoms with E-state index >= 15 is 0 Å². The molecule has 0 fully saturated rings. The Morgan fingerprint density at radius 1 is 1.47 bits per heavy atom. The smallest absolute Gasteiger partial charge is 0.243 e. The Balaban J connectivity index is 2.18. The first-order chi connectivity index (χ1) is 9.11. The molecule has 2 rings (SSSR count). The molecule has 1 aromatic carbocycles. The fourth-order valence-corrected chi connectivity index (χ4v) is 1.87. The lowest BCUT2D eigenvalue weighted by Gasteiger charge is -2.03. The lowest BCUT2D eigenvalue weighted by molar-refractivity contribution is 0.346. The molecule has 1 aromatic heterocycles. The van der Waals surface area contributed by atoms with E-state index < -0.39 is 5.82 Å². The Hall–Kier alpha value is -1.46. The SMILES string of the molecule is CCCC[C@H](N)c1nc(-c2ccc(F)c(Cl)c2)no1. The number of unbranched alkanes of at least 4 members (excludes halogenated alkanes) is 1. The molecule has 4 nitrogen and oxygen atoms in total. The van der Waals surface area contributed by atoms with E-state index in [4.69, 9.17) is 21.9 Å². The highest BCUT2D eigenvalue weighted by Gasteiger charge is 2.15. The normalized spacial score (nSPS) is 12.6. The van der Waals surface area contributed by atoms with Crippen molar-refractivity contribution >= 4 is 11.6 Å². The third kappa shape index (κ3) is 3.30. The van der Waals surface area contributed by atoms with E-state index in [1.807, 2.05) is 0 Å². The quantitative estimate of drug-likeness (QED) is 0.908. The van der Waals surface area contributed by atoms with E-state index in [0.717, 1.165) is 19.3 Å². The minimum absolute atomic E-state index is 0.0270.